The van der Waals surface area contributed by atoms with Crippen molar-refractivity contribution in [3.05, 3.63) is 59.4 Å². The molecule has 11 nitrogen and oxygen atoms in total. The van der Waals surface area contributed by atoms with E-state index in [1.54, 1.807) is 23.2 Å². The van der Waals surface area contributed by atoms with E-state index in [9.17, 15) is 14.7 Å². The fraction of sp³-hybridized carbons (Fsp3) is 0.333. The van der Waals surface area contributed by atoms with Gasteiger partial charge < -0.3 is 24.6 Å². The van der Waals surface area contributed by atoms with Crippen molar-refractivity contribution >= 4 is 29.2 Å². The van der Waals surface area contributed by atoms with Gasteiger partial charge in [-0.1, -0.05) is 6.07 Å². The molecule has 1 aromatic carbocycles. The Hall–Kier alpha value is -4.54. The van der Waals surface area contributed by atoms with Crippen molar-refractivity contribution in [1.82, 2.24) is 14.9 Å². The first kappa shape index (κ1) is 23.8. The van der Waals surface area contributed by atoms with Gasteiger partial charge in [0.2, 0.25) is 5.88 Å². The summed E-state index contributed by atoms with van der Waals surface area (Å²) in [7, 11) is 1.54. The number of fused-ring (bicyclic) bond motifs is 3. The minimum Gasteiger partial charge on any atom is -0.486 e. The maximum atomic E-state index is 12.9. The molecule has 2 aromatic heterocycles. The van der Waals surface area contributed by atoms with Crippen molar-refractivity contribution in [1.29, 1.82) is 0 Å². The Morgan fingerprint density at radius 1 is 1.18 bits per heavy atom. The molecule has 0 saturated carbocycles. The van der Waals surface area contributed by atoms with Crippen LogP contribution in [0.3, 0.4) is 0 Å². The molecule has 0 spiro atoms. The molecule has 0 fully saturated rings. The quantitative estimate of drug-likeness (QED) is 0.524. The lowest BCUT2D eigenvalue weighted by Gasteiger charge is -2.34. The van der Waals surface area contributed by atoms with E-state index in [-0.39, 0.29) is 25.0 Å². The lowest BCUT2D eigenvalue weighted by Crippen LogP contribution is -2.42. The van der Waals surface area contributed by atoms with E-state index in [0.29, 0.717) is 61.4 Å². The van der Waals surface area contributed by atoms with Gasteiger partial charge >= 0.3 is 6.09 Å². The summed E-state index contributed by atoms with van der Waals surface area (Å²) >= 11 is 0. The van der Waals surface area contributed by atoms with Crippen LogP contribution in [0.5, 0.6) is 17.4 Å². The van der Waals surface area contributed by atoms with Crippen molar-refractivity contribution in [2.45, 2.75) is 31.8 Å². The number of benzene rings is 1. The zero-order valence-corrected chi connectivity index (χ0v) is 20.8. The minimum absolute atomic E-state index is 0.115. The Bertz CT molecular complexity index is 1410. The molecule has 3 aliphatic rings. The van der Waals surface area contributed by atoms with Crippen LogP contribution >= 0.6 is 0 Å². The van der Waals surface area contributed by atoms with Gasteiger partial charge in [0.25, 0.3) is 5.91 Å². The third-order valence-corrected chi connectivity index (χ3v) is 7.11. The van der Waals surface area contributed by atoms with Gasteiger partial charge in [-0.05, 0) is 48.6 Å². The molecule has 2 aliphatic heterocycles. The summed E-state index contributed by atoms with van der Waals surface area (Å²) in [4.78, 5) is 37.1. The van der Waals surface area contributed by atoms with Crippen LogP contribution < -0.4 is 24.4 Å². The number of carbonyl (C=O) groups is 2. The van der Waals surface area contributed by atoms with Crippen LogP contribution in [0.2, 0.25) is 0 Å². The highest BCUT2D eigenvalue weighted by atomic mass is 16.6. The van der Waals surface area contributed by atoms with Crippen LogP contribution in [0.4, 0.5) is 22.0 Å². The molecular weight excluding hydrogens is 490 g/mol. The van der Waals surface area contributed by atoms with E-state index in [1.165, 1.54) is 12.0 Å². The van der Waals surface area contributed by atoms with Crippen molar-refractivity contribution in [3.63, 3.8) is 0 Å². The molecule has 11 heteroatoms. The molecule has 0 bridgehead atoms. The number of amides is 2. The lowest BCUT2D eigenvalue weighted by atomic mass is 9.87. The van der Waals surface area contributed by atoms with Gasteiger partial charge in [-0.15, -0.1) is 0 Å². The van der Waals surface area contributed by atoms with Crippen LogP contribution in [0.1, 0.15) is 23.2 Å². The second-order valence-electron chi connectivity index (χ2n) is 9.39. The molecule has 0 saturated heterocycles. The van der Waals surface area contributed by atoms with Crippen molar-refractivity contribution < 1.29 is 28.9 Å². The zero-order chi connectivity index (χ0) is 26.2. The van der Waals surface area contributed by atoms with Gasteiger partial charge in [-0.25, -0.2) is 4.79 Å². The Morgan fingerprint density at radius 2 is 2.03 bits per heavy atom. The maximum absolute atomic E-state index is 12.9. The average molecular weight is 518 g/mol. The Kier molecular flexibility index (Phi) is 6.10. The van der Waals surface area contributed by atoms with Crippen LogP contribution in [-0.4, -0.2) is 64.9 Å². The minimum atomic E-state index is -0.991. The molecule has 3 aromatic rings. The van der Waals surface area contributed by atoms with Gasteiger partial charge in [0, 0.05) is 18.2 Å². The standard InChI is InChI=1S/C27H27N5O6/c1-36-24-7-6-21-26(30-24)32(25(33)14-29-21)20-5-3-16-10-19(4-2-17(16)11-20)31(27(34)35)15-18-12-22-23(13-28-18)38-9-8-37-22/h3,5-7,11-13,19,29H,2,4,8-10,14-15H2,1H3,(H,34,35). The van der Waals surface area contributed by atoms with E-state index in [2.05, 4.69) is 15.3 Å². The molecular formula is C27H27N5O6. The summed E-state index contributed by atoms with van der Waals surface area (Å²) < 4.78 is 16.4. The Balaban J connectivity index is 1.23. The maximum Gasteiger partial charge on any atom is 0.407 e. The van der Waals surface area contributed by atoms with Gasteiger partial charge in [0.1, 0.15) is 13.2 Å². The van der Waals surface area contributed by atoms with E-state index < -0.39 is 6.09 Å². The number of aryl methyl sites for hydroxylation is 1. The number of hydrogen-bond acceptors (Lipinski definition) is 8. The first-order chi connectivity index (χ1) is 18.5. The van der Waals surface area contributed by atoms with Crippen LogP contribution in [0.25, 0.3) is 0 Å². The molecule has 2 N–H and O–H groups in total. The van der Waals surface area contributed by atoms with Crippen LogP contribution in [0, 0.1) is 0 Å². The number of anilines is 3. The summed E-state index contributed by atoms with van der Waals surface area (Å²) in [5.41, 5.74) is 4.25. The van der Waals surface area contributed by atoms with Gasteiger partial charge in [0.05, 0.1) is 43.5 Å². The number of carbonyl (C=O) groups excluding carboxylic acids is 1. The SMILES string of the molecule is COc1ccc2c(n1)N(c1ccc3c(c1)CCC(N(Cc1cc4c(cn1)OCCO4)C(=O)O)C3)C(=O)CN2. The molecule has 196 valence electrons. The number of hydrogen-bond donors (Lipinski definition) is 2. The molecule has 0 radical (unpaired) electrons. The predicted molar refractivity (Wildman–Crippen MR) is 137 cm³/mol. The Labute approximate surface area is 219 Å². The fourth-order valence-corrected chi connectivity index (χ4v) is 5.22. The van der Waals surface area contributed by atoms with Crippen LogP contribution in [-0.2, 0) is 24.2 Å². The molecule has 1 aliphatic carbocycles. The third-order valence-electron chi connectivity index (χ3n) is 7.11. The molecule has 38 heavy (non-hydrogen) atoms. The van der Waals surface area contributed by atoms with Gasteiger partial charge in [-0.2, -0.15) is 4.98 Å². The summed E-state index contributed by atoms with van der Waals surface area (Å²) in [5, 5.41) is 13.1. The summed E-state index contributed by atoms with van der Waals surface area (Å²) in [6, 6.07) is 11.0. The van der Waals surface area contributed by atoms with E-state index in [0.717, 1.165) is 22.5 Å². The number of aromatic nitrogens is 2. The van der Waals surface area contributed by atoms with Crippen molar-refractivity contribution in [3.8, 4) is 17.4 Å². The van der Waals surface area contributed by atoms with Crippen molar-refractivity contribution in [2.24, 2.45) is 0 Å². The van der Waals surface area contributed by atoms with Gasteiger partial charge in [-0.3, -0.25) is 19.6 Å². The third kappa shape index (κ3) is 4.40. The van der Waals surface area contributed by atoms with E-state index >= 15 is 0 Å². The van der Waals surface area contributed by atoms with E-state index in [4.69, 9.17) is 14.2 Å². The van der Waals surface area contributed by atoms with Crippen molar-refractivity contribution in [2.75, 3.05) is 37.1 Å². The molecule has 2 amide bonds. The first-order valence-corrected chi connectivity index (χ1v) is 12.5. The topological polar surface area (TPSA) is 126 Å². The second kappa shape index (κ2) is 9.73. The molecule has 1 unspecified atom stereocenters. The molecule has 4 heterocycles. The summed E-state index contributed by atoms with van der Waals surface area (Å²) in [5.74, 6) is 1.97. The fourth-order valence-electron chi connectivity index (χ4n) is 5.22. The lowest BCUT2D eigenvalue weighted by molar-refractivity contribution is -0.116. The smallest absolute Gasteiger partial charge is 0.407 e. The van der Waals surface area contributed by atoms with Crippen LogP contribution in [0.15, 0.2) is 42.6 Å². The predicted octanol–water partition coefficient (Wildman–Crippen LogP) is 3.38. The summed E-state index contributed by atoms with van der Waals surface area (Å²) in [6.07, 6.45) is 2.51. The van der Waals surface area contributed by atoms with E-state index in [1.807, 2.05) is 24.3 Å². The number of nitrogens with zero attached hydrogens (tertiary/aromatic N) is 4. The highest BCUT2D eigenvalue weighted by molar-refractivity contribution is 6.07. The number of nitrogens with one attached hydrogen (secondary N) is 1. The molecule has 6 rings (SSSR count). The highest BCUT2D eigenvalue weighted by Gasteiger charge is 2.31. The average Bonchev–Trinajstić information content (AvgIpc) is 2.94. The molecule has 1 atom stereocenters. The number of carboxylic acid groups (broad SMARTS) is 1. The summed E-state index contributed by atoms with van der Waals surface area (Å²) in [6.45, 7) is 1.25. The number of methoxy groups -OCH3 is 1. The normalized spacial score (nSPS) is 17.7. The number of rotatable bonds is 5. The number of ether oxygens (including phenoxy) is 3. The highest BCUT2D eigenvalue weighted by Crippen LogP contribution is 2.37. The number of pyridine rings is 2. The monoisotopic (exact) mass is 517 g/mol. The Morgan fingerprint density at radius 3 is 2.84 bits per heavy atom. The second-order valence-corrected chi connectivity index (χ2v) is 9.39. The first-order valence-electron chi connectivity index (χ1n) is 12.5. The largest absolute Gasteiger partial charge is 0.486 e. The van der Waals surface area contributed by atoms with Gasteiger partial charge in [0.15, 0.2) is 17.3 Å². The zero-order valence-electron chi connectivity index (χ0n) is 20.8.